The summed E-state index contributed by atoms with van der Waals surface area (Å²) in [6, 6.07) is 0. The molecule has 2 rings (SSSR count). The number of ether oxygens (including phenoxy) is 3. The Morgan fingerprint density at radius 1 is 1.19 bits per heavy atom. The highest BCUT2D eigenvalue weighted by Gasteiger charge is 2.44. The molecule has 1 saturated heterocycles. The second-order valence-electron chi connectivity index (χ2n) is 9.47. The van der Waals surface area contributed by atoms with Crippen LogP contribution in [-0.2, 0) is 23.5 Å². The van der Waals surface area contributed by atoms with Gasteiger partial charge in [0.05, 0.1) is 32.0 Å². The van der Waals surface area contributed by atoms with Gasteiger partial charge in [0.25, 0.3) is 0 Å². The highest BCUT2D eigenvalue weighted by atomic mass is 31.0. The smallest absolute Gasteiger partial charge is 0.306 e. The fraction of sp³-hybridized carbons (Fsp3) is 0.880. The first-order valence-corrected chi connectivity index (χ1v) is 13.0. The molecular weight excluding hydrogens is 427 g/mol. The third-order valence-electron chi connectivity index (χ3n) is 6.94. The largest absolute Gasteiger partial charge is 0.466 e. The monoisotopic (exact) mass is 472 g/mol. The van der Waals surface area contributed by atoms with Gasteiger partial charge < -0.3 is 23.8 Å². The van der Waals surface area contributed by atoms with Crippen LogP contribution in [0.1, 0.15) is 85.0 Å². The summed E-state index contributed by atoms with van der Waals surface area (Å²) in [7, 11) is 2.39. The Bertz CT molecular complexity index is 563. The van der Waals surface area contributed by atoms with E-state index in [1.54, 1.807) is 0 Å². The van der Waals surface area contributed by atoms with E-state index in [1.807, 2.05) is 6.92 Å². The number of aliphatic hydroxyl groups excluding tert-OH is 1. The molecule has 0 aromatic heterocycles. The van der Waals surface area contributed by atoms with Crippen LogP contribution in [0.3, 0.4) is 0 Å². The molecule has 0 radical (unpaired) electrons. The molecule has 1 N–H and O–H groups in total. The number of aliphatic hydroxyl groups is 1. The lowest BCUT2D eigenvalue weighted by molar-refractivity contribution is -0.171. The summed E-state index contributed by atoms with van der Waals surface area (Å²) < 4.78 is 22.8. The van der Waals surface area contributed by atoms with E-state index in [0.29, 0.717) is 32.7 Å². The van der Waals surface area contributed by atoms with Crippen molar-refractivity contribution in [2.45, 2.75) is 103 Å². The van der Waals surface area contributed by atoms with Crippen LogP contribution in [0.2, 0.25) is 0 Å². The number of unbranched alkanes of at least 4 members (excludes halogenated alkanes) is 2. The first-order chi connectivity index (χ1) is 15.4. The predicted octanol–water partition coefficient (Wildman–Crippen LogP) is 5.19. The van der Waals surface area contributed by atoms with Gasteiger partial charge in [-0.3, -0.25) is 4.79 Å². The lowest BCUT2D eigenvalue weighted by atomic mass is 9.85. The highest BCUT2D eigenvalue weighted by molar-refractivity contribution is 7.09. The average Bonchev–Trinajstić information content (AvgIpc) is 3.34. The second-order valence-corrected chi connectivity index (χ2v) is 9.74. The van der Waals surface area contributed by atoms with Crippen LogP contribution in [-0.4, -0.2) is 48.9 Å². The minimum Gasteiger partial charge on any atom is -0.466 e. The lowest BCUT2D eigenvalue weighted by Gasteiger charge is -2.31. The third kappa shape index (κ3) is 8.68. The van der Waals surface area contributed by atoms with Crippen molar-refractivity contribution in [3.63, 3.8) is 0 Å². The Balaban J connectivity index is 1.89. The molecule has 0 amide bonds. The molecule has 1 aliphatic carbocycles. The number of esters is 1. The number of allylic oxidation sites excluding steroid dienone is 2. The van der Waals surface area contributed by atoms with Gasteiger partial charge in [0, 0.05) is 35.2 Å². The number of rotatable bonds is 15. The molecule has 2 fully saturated rings. The summed E-state index contributed by atoms with van der Waals surface area (Å²) in [6.07, 6.45) is 12.9. The van der Waals surface area contributed by atoms with Crippen molar-refractivity contribution in [3.05, 3.63) is 12.2 Å². The van der Waals surface area contributed by atoms with E-state index < -0.39 is 5.79 Å². The molecule has 7 heteroatoms. The molecular formula is C25H45O6P. The van der Waals surface area contributed by atoms with E-state index in [0.717, 1.165) is 38.5 Å². The van der Waals surface area contributed by atoms with Crippen molar-refractivity contribution in [1.29, 1.82) is 0 Å². The zero-order valence-corrected chi connectivity index (χ0v) is 21.5. The highest BCUT2D eigenvalue weighted by Crippen LogP contribution is 2.43. The van der Waals surface area contributed by atoms with Gasteiger partial charge in [-0.15, -0.1) is 0 Å². The van der Waals surface area contributed by atoms with E-state index in [1.165, 1.54) is 12.8 Å². The number of carbonyl (C=O) groups excluding carboxylic acids is 1. The van der Waals surface area contributed by atoms with Gasteiger partial charge in [-0.2, -0.15) is 0 Å². The summed E-state index contributed by atoms with van der Waals surface area (Å²) in [5.74, 6) is 0.0739. The summed E-state index contributed by atoms with van der Waals surface area (Å²) in [4.78, 5) is 11.6. The van der Waals surface area contributed by atoms with Crippen molar-refractivity contribution < 1.29 is 28.6 Å². The summed E-state index contributed by atoms with van der Waals surface area (Å²) in [5.41, 5.74) is 0. The summed E-state index contributed by atoms with van der Waals surface area (Å²) in [6.45, 7) is 7.86. The van der Waals surface area contributed by atoms with Crippen molar-refractivity contribution in [2.75, 3.05) is 19.8 Å². The topological polar surface area (TPSA) is 74.2 Å². The van der Waals surface area contributed by atoms with Gasteiger partial charge >= 0.3 is 5.97 Å². The molecule has 0 bridgehead atoms. The minimum absolute atomic E-state index is 0.0326. The van der Waals surface area contributed by atoms with Gasteiger partial charge in [0.1, 0.15) is 0 Å². The van der Waals surface area contributed by atoms with Crippen LogP contribution in [0.5, 0.6) is 0 Å². The maximum atomic E-state index is 11.6. The zero-order chi connectivity index (χ0) is 23.4. The molecule has 5 unspecified atom stereocenters. The first kappa shape index (κ1) is 27.7. The average molecular weight is 473 g/mol. The minimum atomic E-state index is -0.461. The van der Waals surface area contributed by atoms with E-state index in [2.05, 4.69) is 35.5 Å². The quantitative estimate of drug-likeness (QED) is 0.153. The van der Waals surface area contributed by atoms with Crippen molar-refractivity contribution in [3.8, 4) is 0 Å². The molecule has 0 spiro atoms. The van der Waals surface area contributed by atoms with E-state index in [9.17, 15) is 9.90 Å². The molecule has 186 valence electrons. The van der Waals surface area contributed by atoms with Gasteiger partial charge in [-0.05, 0) is 50.4 Å². The maximum absolute atomic E-state index is 11.6. The molecule has 1 heterocycles. The van der Waals surface area contributed by atoms with E-state index in [4.69, 9.17) is 18.7 Å². The van der Waals surface area contributed by atoms with Crippen molar-refractivity contribution in [1.82, 2.24) is 0 Å². The Morgan fingerprint density at radius 2 is 1.94 bits per heavy atom. The Labute approximate surface area is 197 Å². The van der Waals surface area contributed by atoms with Crippen LogP contribution in [0.15, 0.2) is 12.2 Å². The fourth-order valence-electron chi connectivity index (χ4n) is 5.15. The Hall–Kier alpha value is -0.520. The van der Waals surface area contributed by atoms with Crippen LogP contribution >= 0.6 is 9.47 Å². The molecule has 0 aromatic carbocycles. The van der Waals surface area contributed by atoms with Gasteiger partial charge in [0.2, 0.25) is 0 Å². The van der Waals surface area contributed by atoms with Gasteiger partial charge in [-0.1, -0.05) is 38.8 Å². The third-order valence-corrected chi connectivity index (χ3v) is 7.29. The Morgan fingerprint density at radius 3 is 2.59 bits per heavy atom. The molecule has 32 heavy (non-hydrogen) atoms. The van der Waals surface area contributed by atoms with Crippen LogP contribution < -0.4 is 0 Å². The Kier molecular flexibility index (Phi) is 12.7. The normalized spacial score (nSPS) is 28.4. The van der Waals surface area contributed by atoms with Crippen LogP contribution in [0, 0.1) is 17.8 Å². The molecule has 6 atom stereocenters. The molecule has 6 nitrogen and oxygen atoms in total. The predicted molar refractivity (Wildman–Crippen MR) is 129 cm³/mol. The van der Waals surface area contributed by atoms with Gasteiger partial charge in [0.15, 0.2) is 5.79 Å². The van der Waals surface area contributed by atoms with Gasteiger partial charge in [-0.25, -0.2) is 0 Å². The molecule has 0 aromatic rings. The zero-order valence-electron chi connectivity index (χ0n) is 20.3. The first-order valence-electron chi connectivity index (χ1n) is 12.6. The number of hydrogen-bond donors (Lipinski definition) is 1. The number of hydrogen-bond acceptors (Lipinski definition) is 6. The van der Waals surface area contributed by atoms with Crippen molar-refractivity contribution >= 4 is 15.4 Å². The van der Waals surface area contributed by atoms with Crippen LogP contribution in [0.25, 0.3) is 0 Å². The summed E-state index contributed by atoms with van der Waals surface area (Å²) >= 11 is 0. The second kappa shape index (κ2) is 14.7. The standard InChI is InChI=1S/C25H45O6P/c1-4-6-9-13-25(29-15-16-30-25)14-12-21-20(22(26)18-23(21)31-32)11-8-7-10-19(3)17-24(27)28-5-2/h7-8,19-23,26H,4-6,9-18,32H2,1-3H3/b8-7-/t19?,20?,21-,22?,23?/m1/s1. The van der Waals surface area contributed by atoms with E-state index in [-0.39, 0.29) is 35.9 Å². The SMILES string of the molecule is CCCCCC1(CC[C@H]2C(OP)CC(O)C2C/C=C\CC(C)CC(=O)OCC)OCCO1. The number of carbonyl (C=O) groups is 1. The molecule has 2 aliphatic rings. The van der Waals surface area contributed by atoms with Crippen LogP contribution in [0.4, 0.5) is 0 Å². The fourth-order valence-corrected chi connectivity index (χ4v) is 5.46. The lowest BCUT2D eigenvalue weighted by Crippen LogP contribution is -2.33. The van der Waals surface area contributed by atoms with Crippen molar-refractivity contribution in [2.24, 2.45) is 17.8 Å². The molecule has 1 saturated carbocycles. The molecule has 1 aliphatic heterocycles. The van der Waals surface area contributed by atoms with E-state index >= 15 is 0 Å². The maximum Gasteiger partial charge on any atom is 0.306 e. The summed E-state index contributed by atoms with van der Waals surface area (Å²) in [5, 5.41) is 10.7.